The fraction of sp³-hybridized carbons (Fsp3) is 0.455. The van der Waals surface area contributed by atoms with Crippen LogP contribution in [0.1, 0.15) is 30.4 Å². The molecule has 0 bridgehead atoms. The third kappa shape index (κ3) is 5.94. The zero-order valence-electron chi connectivity index (χ0n) is 18.2. The van der Waals surface area contributed by atoms with Crippen LogP contribution >= 0.6 is 0 Å². The first-order valence-electron chi connectivity index (χ1n) is 10.5. The summed E-state index contributed by atoms with van der Waals surface area (Å²) in [6.45, 7) is 3.30. The number of aryl methyl sites for hydroxylation is 2. The molecule has 0 spiro atoms. The number of aliphatic hydroxyl groups excluding tert-OH is 1. The topological polar surface area (TPSA) is 122 Å². The van der Waals surface area contributed by atoms with Crippen molar-refractivity contribution in [3.8, 4) is 0 Å². The summed E-state index contributed by atoms with van der Waals surface area (Å²) in [5.74, 6) is 0. The Balaban J connectivity index is 1.57. The molecule has 2 aromatic carbocycles. The van der Waals surface area contributed by atoms with E-state index in [1.807, 2.05) is 0 Å². The highest BCUT2D eigenvalue weighted by Gasteiger charge is 2.34. The molecule has 1 fully saturated rings. The van der Waals surface area contributed by atoms with Crippen LogP contribution in [-0.2, 0) is 24.8 Å². The van der Waals surface area contributed by atoms with Crippen LogP contribution in [0.15, 0.2) is 58.3 Å². The molecule has 1 heterocycles. The molecule has 8 nitrogen and oxygen atoms in total. The highest BCUT2D eigenvalue weighted by atomic mass is 32.2. The van der Waals surface area contributed by atoms with Crippen molar-refractivity contribution in [3.63, 3.8) is 0 Å². The molecule has 0 saturated carbocycles. The van der Waals surface area contributed by atoms with Gasteiger partial charge in [0.15, 0.2) is 0 Å². The number of hydrogen-bond acceptors (Lipinski definition) is 6. The average Bonchev–Trinajstić information content (AvgIpc) is 2.74. The minimum Gasteiger partial charge on any atom is -0.394 e. The van der Waals surface area contributed by atoms with Crippen molar-refractivity contribution >= 4 is 20.0 Å². The molecular formula is C22H30N2O6S2. The molecule has 3 atom stereocenters. The summed E-state index contributed by atoms with van der Waals surface area (Å²) in [4.78, 5) is 0.438. The van der Waals surface area contributed by atoms with Gasteiger partial charge in [-0.2, -0.15) is 0 Å². The second kappa shape index (κ2) is 10.4. The summed E-state index contributed by atoms with van der Waals surface area (Å²) >= 11 is 0. The molecule has 10 heteroatoms. The molecule has 32 heavy (non-hydrogen) atoms. The predicted molar refractivity (Wildman–Crippen MR) is 121 cm³/mol. The minimum absolute atomic E-state index is 0.180. The molecule has 0 amide bonds. The number of benzene rings is 2. The van der Waals surface area contributed by atoms with E-state index in [1.165, 1.54) is 0 Å². The van der Waals surface area contributed by atoms with Crippen molar-refractivity contribution in [2.24, 2.45) is 0 Å². The normalized spacial score (nSPS) is 22.0. The van der Waals surface area contributed by atoms with Gasteiger partial charge in [0.1, 0.15) is 0 Å². The lowest BCUT2D eigenvalue weighted by Gasteiger charge is -2.36. The van der Waals surface area contributed by atoms with E-state index in [9.17, 15) is 21.9 Å². The van der Waals surface area contributed by atoms with Crippen molar-refractivity contribution in [2.75, 3.05) is 13.2 Å². The molecular weight excluding hydrogens is 452 g/mol. The van der Waals surface area contributed by atoms with Gasteiger partial charge in [-0.15, -0.1) is 0 Å². The van der Waals surface area contributed by atoms with Crippen LogP contribution < -0.4 is 9.44 Å². The van der Waals surface area contributed by atoms with Crippen molar-refractivity contribution in [2.45, 2.75) is 61.2 Å². The third-order valence-corrected chi connectivity index (χ3v) is 8.90. The Labute approximate surface area is 190 Å². The highest BCUT2D eigenvalue weighted by Crippen LogP contribution is 2.24. The van der Waals surface area contributed by atoms with Crippen LogP contribution in [0.3, 0.4) is 0 Å². The van der Waals surface area contributed by atoms with Gasteiger partial charge in [0.25, 0.3) is 0 Å². The van der Waals surface area contributed by atoms with Crippen LogP contribution in [0.2, 0.25) is 0 Å². The van der Waals surface area contributed by atoms with E-state index in [-0.39, 0.29) is 29.0 Å². The number of aliphatic hydroxyl groups is 1. The zero-order valence-corrected chi connectivity index (χ0v) is 19.8. The molecule has 1 saturated heterocycles. The maximum Gasteiger partial charge on any atom is 0.241 e. The van der Waals surface area contributed by atoms with E-state index in [0.29, 0.717) is 30.4 Å². The number of nitrogens with one attached hydrogen (secondary N) is 2. The maximum atomic E-state index is 12.8. The summed E-state index contributed by atoms with van der Waals surface area (Å²) < 4.78 is 61.7. The Bertz CT molecular complexity index is 1130. The smallest absolute Gasteiger partial charge is 0.241 e. The van der Waals surface area contributed by atoms with Crippen molar-refractivity contribution < 1.29 is 26.7 Å². The Morgan fingerprint density at radius 2 is 1.47 bits per heavy atom. The Kier molecular flexibility index (Phi) is 8.07. The predicted octanol–water partition coefficient (Wildman–Crippen LogP) is 1.86. The quantitative estimate of drug-likeness (QED) is 0.502. The van der Waals surface area contributed by atoms with Crippen molar-refractivity contribution in [3.05, 3.63) is 59.7 Å². The molecule has 0 aliphatic carbocycles. The number of ether oxygens (including phenoxy) is 1. The first-order valence-corrected chi connectivity index (χ1v) is 13.5. The molecule has 0 aromatic heterocycles. The Morgan fingerprint density at radius 3 is 2.03 bits per heavy atom. The van der Waals surface area contributed by atoms with Gasteiger partial charge in [-0.3, -0.25) is 0 Å². The molecule has 1 aliphatic heterocycles. The lowest BCUT2D eigenvalue weighted by Crippen LogP contribution is -2.51. The fourth-order valence-electron chi connectivity index (χ4n) is 3.89. The average molecular weight is 483 g/mol. The van der Waals surface area contributed by atoms with Gasteiger partial charge >= 0.3 is 0 Å². The van der Waals surface area contributed by atoms with Crippen LogP contribution in [0.25, 0.3) is 0 Å². The second-order valence-corrected chi connectivity index (χ2v) is 11.4. The summed E-state index contributed by atoms with van der Waals surface area (Å²) in [5.41, 5.74) is 1.30. The van der Waals surface area contributed by atoms with Gasteiger partial charge in [0.2, 0.25) is 20.0 Å². The zero-order chi connectivity index (χ0) is 23.4. The summed E-state index contributed by atoms with van der Waals surface area (Å²) in [6.07, 6.45) is 0.444. The van der Waals surface area contributed by atoms with E-state index in [0.717, 1.165) is 0 Å². The van der Waals surface area contributed by atoms with Gasteiger partial charge < -0.3 is 9.84 Å². The van der Waals surface area contributed by atoms with Crippen LogP contribution in [0, 0.1) is 13.8 Å². The largest absolute Gasteiger partial charge is 0.394 e. The van der Waals surface area contributed by atoms with Gasteiger partial charge in [-0.05, 0) is 56.4 Å². The SMILES string of the molecule is Cc1ccccc1S(=O)(=O)NCC[C@@H]1CC[C@@H](NS(=O)(=O)c2ccccc2C)[C@H](CO)O1. The van der Waals surface area contributed by atoms with E-state index in [4.69, 9.17) is 4.74 Å². The fourth-order valence-corrected chi connectivity index (χ4v) is 6.73. The summed E-state index contributed by atoms with van der Waals surface area (Å²) in [5, 5.41) is 9.76. The molecule has 0 radical (unpaired) electrons. The lowest BCUT2D eigenvalue weighted by atomic mass is 9.98. The number of sulfonamides is 2. The van der Waals surface area contributed by atoms with Crippen molar-refractivity contribution in [1.29, 1.82) is 0 Å². The highest BCUT2D eigenvalue weighted by molar-refractivity contribution is 7.89. The standard InChI is InChI=1S/C22H30N2O6S2/c1-16-7-3-5-9-21(16)31(26,27)23-14-13-18-11-12-19(20(15-25)30-18)24-32(28,29)22-10-6-4-8-17(22)2/h3-10,18-20,23-25H,11-15H2,1-2H3/t18-,19+,20-/m0/s1. The first-order chi connectivity index (χ1) is 15.1. The van der Waals surface area contributed by atoms with Crippen molar-refractivity contribution in [1.82, 2.24) is 9.44 Å². The molecule has 3 rings (SSSR count). The second-order valence-electron chi connectivity index (χ2n) is 8.00. The summed E-state index contributed by atoms with van der Waals surface area (Å²) in [7, 11) is -7.38. The Morgan fingerprint density at radius 1 is 0.906 bits per heavy atom. The molecule has 1 aliphatic rings. The number of hydrogen-bond donors (Lipinski definition) is 3. The Hall–Kier alpha value is -1.82. The minimum atomic E-state index is -3.75. The third-order valence-electron chi connectivity index (χ3n) is 5.63. The first kappa shape index (κ1) is 24.8. The number of rotatable bonds is 9. The maximum absolute atomic E-state index is 12.8. The molecule has 2 aromatic rings. The van der Waals surface area contributed by atoms with Gasteiger partial charge in [-0.1, -0.05) is 36.4 Å². The van der Waals surface area contributed by atoms with Gasteiger partial charge in [-0.25, -0.2) is 26.3 Å². The van der Waals surface area contributed by atoms with Gasteiger partial charge in [0.05, 0.1) is 34.6 Å². The van der Waals surface area contributed by atoms with Crippen LogP contribution in [-0.4, -0.2) is 53.3 Å². The van der Waals surface area contributed by atoms with Gasteiger partial charge in [0, 0.05) is 6.54 Å². The van der Waals surface area contributed by atoms with E-state index >= 15 is 0 Å². The molecule has 176 valence electrons. The van der Waals surface area contributed by atoms with E-state index in [1.54, 1.807) is 62.4 Å². The summed E-state index contributed by atoms with van der Waals surface area (Å²) in [6, 6.07) is 12.9. The molecule has 3 N–H and O–H groups in total. The van der Waals surface area contributed by atoms with Crippen LogP contribution in [0.5, 0.6) is 0 Å². The van der Waals surface area contributed by atoms with Crippen LogP contribution in [0.4, 0.5) is 0 Å². The van der Waals surface area contributed by atoms with E-state index < -0.39 is 32.2 Å². The lowest BCUT2D eigenvalue weighted by molar-refractivity contribution is -0.0869. The monoisotopic (exact) mass is 482 g/mol. The molecule has 0 unspecified atom stereocenters. The van der Waals surface area contributed by atoms with E-state index in [2.05, 4.69) is 9.44 Å².